The highest BCUT2D eigenvalue weighted by atomic mass is 32.2. The van der Waals surface area contributed by atoms with Crippen LogP contribution < -0.4 is 14.5 Å². The van der Waals surface area contributed by atoms with Crippen LogP contribution in [-0.4, -0.2) is 33.3 Å². The molecule has 1 heterocycles. The van der Waals surface area contributed by atoms with Crippen LogP contribution in [0.15, 0.2) is 77.7 Å². The first-order valence-electron chi connectivity index (χ1n) is 11.7. The van der Waals surface area contributed by atoms with Gasteiger partial charge in [-0.25, -0.2) is 8.42 Å². The third-order valence-electron chi connectivity index (χ3n) is 6.12. The lowest BCUT2D eigenvalue weighted by atomic mass is 10.1. The van der Waals surface area contributed by atoms with Crippen molar-refractivity contribution in [2.45, 2.75) is 38.0 Å². The fraction of sp³-hybridized carbons (Fsp3) is 0.259. The first-order valence-corrected chi connectivity index (χ1v) is 13.1. The second-order valence-electron chi connectivity index (χ2n) is 8.51. The molecule has 0 aliphatic carbocycles. The summed E-state index contributed by atoms with van der Waals surface area (Å²) in [5.74, 6) is -0.411. The molecule has 1 aliphatic rings. The van der Waals surface area contributed by atoms with Gasteiger partial charge in [-0.15, -0.1) is 0 Å². The highest BCUT2D eigenvalue weighted by Gasteiger charge is 2.29. The van der Waals surface area contributed by atoms with Gasteiger partial charge in [-0.1, -0.05) is 49.4 Å². The molecule has 0 bridgehead atoms. The Labute approximate surface area is 206 Å². The lowest BCUT2D eigenvalue weighted by Crippen LogP contribution is -2.38. The van der Waals surface area contributed by atoms with Crippen molar-refractivity contribution in [3.8, 4) is 0 Å². The lowest BCUT2D eigenvalue weighted by molar-refractivity contribution is -0.117. The topological polar surface area (TPSA) is 86.8 Å². The van der Waals surface area contributed by atoms with E-state index in [4.69, 9.17) is 0 Å². The number of benzene rings is 3. The van der Waals surface area contributed by atoms with Crippen LogP contribution in [0.3, 0.4) is 0 Å². The molecule has 3 aromatic carbocycles. The van der Waals surface area contributed by atoms with E-state index in [1.165, 1.54) is 12.1 Å². The van der Waals surface area contributed by atoms with E-state index < -0.39 is 15.9 Å². The van der Waals surface area contributed by atoms with Crippen LogP contribution in [0.5, 0.6) is 0 Å². The van der Waals surface area contributed by atoms with Crippen molar-refractivity contribution < 1.29 is 18.0 Å². The van der Waals surface area contributed by atoms with E-state index >= 15 is 0 Å². The first-order chi connectivity index (χ1) is 16.8. The maximum absolute atomic E-state index is 13.6. The largest absolute Gasteiger partial charge is 0.324 e. The van der Waals surface area contributed by atoms with Gasteiger partial charge in [0.25, 0.3) is 10.0 Å². The van der Waals surface area contributed by atoms with Gasteiger partial charge >= 0.3 is 0 Å². The highest BCUT2D eigenvalue weighted by Crippen LogP contribution is 2.30. The number of hydrogen-bond acceptors (Lipinski definition) is 4. The van der Waals surface area contributed by atoms with Gasteiger partial charge in [0, 0.05) is 24.3 Å². The molecule has 0 radical (unpaired) electrons. The molecule has 182 valence electrons. The number of carbonyl (C=O) groups excluding carboxylic acids is 2. The van der Waals surface area contributed by atoms with Crippen molar-refractivity contribution in [2.75, 3.05) is 27.6 Å². The van der Waals surface area contributed by atoms with Gasteiger partial charge in [0.15, 0.2) is 0 Å². The molecule has 0 spiro atoms. The summed E-state index contributed by atoms with van der Waals surface area (Å²) in [7, 11) is -3.99. The predicted octanol–water partition coefficient (Wildman–Crippen LogP) is 4.52. The smallest absolute Gasteiger partial charge is 0.264 e. The first kappa shape index (κ1) is 24.5. The molecule has 0 unspecified atom stereocenters. The maximum atomic E-state index is 13.6. The van der Waals surface area contributed by atoms with Gasteiger partial charge in [0.1, 0.15) is 6.54 Å². The quantitative estimate of drug-likeness (QED) is 0.502. The standard InChI is InChI=1S/C27H29N3O4S/c1-3-21-10-7-8-13-24(21)30(35(33,34)23-11-5-4-6-12-23)19-26(31)28-22-16-15-20(2)25(18-22)29-17-9-14-27(29)32/h4-8,10-13,15-16,18H,3,9,14,17,19H2,1-2H3,(H,28,31). The number of nitrogens with zero attached hydrogens (tertiary/aromatic N) is 2. The van der Waals surface area contributed by atoms with E-state index in [0.29, 0.717) is 30.8 Å². The van der Waals surface area contributed by atoms with E-state index in [1.54, 1.807) is 47.4 Å². The molecule has 35 heavy (non-hydrogen) atoms. The van der Waals surface area contributed by atoms with Gasteiger partial charge in [-0.3, -0.25) is 13.9 Å². The molecule has 0 aromatic heterocycles. The van der Waals surface area contributed by atoms with Gasteiger partial charge in [0.05, 0.1) is 10.6 Å². The van der Waals surface area contributed by atoms with Crippen molar-refractivity contribution in [3.63, 3.8) is 0 Å². The number of carbonyl (C=O) groups is 2. The number of anilines is 3. The third-order valence-corrected chi connectivity index (χ3v) is 7.89. The Morgan fingerprint density at radius 3 is 2.43 bits per heavy atom. The molecule has 4 rings (SSSR count). The Hall–Kier alpha value is -3.65. The summed E-state index contributed by atoms with van der Waals surface area (Å²) in [6.45, 7) is 4.12. The Balaban J connectivity index is 1.64. The van der Waals surface area contributed by atoms with Gasteiger partial charge in [-0.05, 0) is 61.2 Å². The van der Waals surface area contributed by atoms with Crippen LogP contribution in [0.4, 0.5) is 17.1 Å². The number of hydrogen-bond donors (Lipinski definition) is 1. The molecule has 0 saturated carbocycles. The minimum Gasteiger partial charge on any atom is -0.324 e. The van der Waals surface area contributed by atoms with Crippen LogP contribution in [0.25, 0.3) is 0 Å². The SMILES string of the molecule is CCc1ccccc1N(CC(=O)Nc1ccc(C)c(N2CCCC2=O)c1)S(=O)(=O)c1ccccc1. The van der Waals surface area contributed by atoms with Crippen molar-refractivity contribution in [2.24, 2.45) is 0 Å². The van der Waals surface area contributed by atoms with Gasteiger partial charge < -0.3 is 10.2 Å². The lowest BCUT2D eigenvalue weighted by Gasteiger charge is -2.26. The molecule has 0 atom stereocenters. The van der Waals surface area contributed by atoms with Crippen LogP contribution >= 0.6 is 0 Å². The Morgan fingerprint density at radius 2 is 1.74 bits per heavy atom. The molecular weight excluding hydrogens is 462 g/mol. The summed E-state index contributed by atoms with van der Waals surface area (Å²) in [5, 5.41) is 2.83. The van der Waals surface area contributed by atoms with E-state index in [9.17, 15) is 18.0 Å². The summed E-state index contributed by atoms with van der Waals surface area (Å²) in [6, 6.07) is 20.7. The van der Waals surface area contributed by atoms with E-state index in [1.807, 2.05) is 32.0 Å². The summed E-state index contributed by atoms with van der Waals surface area (Å²) < 4.78 is 28.4. The minimum atomic E-state index is -3.99. The molecule has 3 aromatic rings. The highest BCUT2D eigenvalue weighted by molar-refractivity contribution is 7.92. The normalized spacial score (nSPS) is 13.7. The number of sulfonamides is 1. The number of amides is 2. The number of nitrogens with one attached hydrogen (secondary N) is 1. The van der Waals surface area contributed by atoms with Crippen LogP contribution in [-0.2, 0) is 26.0 Å². The van der Waals surface area contributed by atoms with Crippen LogP contribution in [0.1, 0.15) is 30.9 Å². The summed E-state index contributed by atoms with van der Waals surface area (Å²) >= 11 is 0. The van der Waals surface area contributed by atoms with E-state index in [0.717, 1.165) is 27.5 Å². The molecule has 2 amide bonds. The monoisotopic (exact) mass is 491 g/mol. The molecule has 1 fully saturated rings. The average Bonchev–Trinajstić information content (AvgIpc) is 3.29. The second-order valence-corrected chi connectivity index (χ2v) is 10.4. The summed E-state index contributed by atoms with van der Waals surface area (Å²) in [4.78, 5) is 27.2. The zero-order valence-corrected chi connectivity index (χ0v) is 20.7. The molecular formula is C27H29N3O4S. The zero-order valence-electron chi connectivity index (χ0n) is 19.9. The summed E-state index contributed by atoms with van der Waals surface area (Å²) in [5.41, 5.74) is 3.50. The van der Waals surface area contributed by atoms with Crippen molar-refractivity contribution in [1.29, 1.82) is 0 Å². The van der Waals surface area contributed by atoms with E-state index in [-0.39, 0.29) is 17.3 Å². The predicted molar refractivity (Wildman–Crippen MR) is 138 cm³/mol. The third kappa shape index (κ3) is 5.22. The number of aryl methyl sites for hydroxylation is 2. The number of para-hydroxylation sites is 1. The second kappa shape index (κ2) is 10.3. The molecule has 1 saturated heterocycles. The molecule has 7 nitrogen and oxygen atoms in total. The maximum Gasteiger partial charge on any atom is 0.264 e. The fourth-order valence-electron chi connectivity index (χ4n) is 4.28. The zero-order chi connectivity index (χ0) is 25.0. The molecule has 1 N–H and O–H groups in total. The van der Waals surface area contributed by atoms with Gasteiger partial charge in [0.2, 0.25) is 11.8 Å². The van der Waals surface area contributed by atoms with Gasteiger partial charge in [-0.2, -0.15) is 0 Å². The average molecular weight is 492 g/mol. The van der Waals surface area contributed by atoms with Crippen molar-refractivity contribution >= 4 is 38.9 Å². The summed E-state index contributed by atoms with van der Waals surface area (Å²) in [6.07, 6.45) is 1.93. The minimum absolute atomic E-state index is 0.0629. The Bertz CT molecular complexity index is 1340. The van der Waals surface area contributed by atoms with E-state index in [2.05, 4.69) is 5.32 Å². The van der Waals surface area contributed by atoms with Crippen LogP contribution in [0, 0.1) is 6.92 Å². The van der Waals surface area contributed by atoms with Crippen molar-refractivity contribution in [1.82, 2.24) is 0 Å². The number of rotatable bonds is 8. The van der Waals surface area contributed by atoms with Crippen LogP contribution in [0.2, 0.25) is 0 Å². The Morgan fingerprint density at radius 1 is 1.03 bits per heavy atom. The van der Waals surface area contributed by atoms with Crippen molar-refractivity contribution in [3.05, 3.63) is 83.9 Å². The Kier molecular flexibility index (Phi) is 7.21. The molecule has 8 heteroatoms. The fourth-order valence-corrected chi connectivity index (χ4v) is 5.76. The molecule has 1 aliphatic heterocycles.